The van der Waals surface area contributed by atoms with Crippen molar-refractivity contribution in [2.45, 2.75) is 0 Å². The molecule has 0 aliphatic carbocycles. The fraction of sp³-hybridized carbons (Fsp3) is 0. The van der Waals surface area contributed by atoms with Gasteiger partial charge in [-0.1, -0.05) is 3.89 Å². The molecule has 0 radical (unpaired) electrons. The van der Waals surface area contributed by atoms with E-state index in [1.165, 1.54) is 0 Å². The lowest BCUT2D eigenvalue weighted by Gasteiger charge is -1.90. The summed E-state index contributed by atoms with van der Waals surface area (Å²) in [5.74, 6) is 0. The Kier molecular flexibility index (Phi) is 6.34. The van der Waals surface area contributed by atoms with Crippen molar-refractivity contribution in [1.82, 2.24) is 0 Å². The third-order valence-electron chi connectivity index (χ3n) is 0.221. The molecule has 0 aromatic carbocycles. The number of hydrogen-bond acceptors (Lipinski definition) is 3. The summed E-state index contributed by atoms with van der Waals surface area (Å²) in [6.45, 7) is 5.21. The van der Waals surface area contributed by atoms with Crippen LogP contribution >= 0.6 is 0 Å². The second kappa shape index (κ2) is 5.61. The molecule has 0 unspecified atom stereocenters. The van der Waals surface area contributed by atoms with E-state index >= 15 is 0 Å². The molecule has 8 heteroatoms. The van der Waals surface area contributed by atoms with Gasteiger partial charge in [0.2, 0.25) is 0 Å². The third-order valence-corrected chi connectivity index (χ3v) is 0.221. The van der Waals surface area contributed by atoms with Crippen molar-refractivity contribution in [3.05, 3.63) is 25.2 Å². The molecule has 0 saturated heterocycles. The van der Waals surface area contributed by atoms with Gasteiger partial charge in [0, 0.05) is 0 Å². The highest BCUT2D eigenvalue weighted by Crippen LogP contribution is 2.02. The first kappa shape index (κ1) is 13.6. The van der Waals surface area contributed by atoms with E-state index in [1.54, 1.807) is 0 Å². The average Bonchev–Trinajstić information content (AvgIpc) is 1.52. The zero-order valence-corrected chi connectivity index (χ0v) is 6.44. The van der Waals surface area contributed by atoms with E-state index in [1.807, 2.05) is 0 Å². The average molecular weight is 206 g/mol. The highest BCUT2D eigenvalue weighted by molar-refractivity contribution is 7.80. The molecule has 0 bridgehead atoms. The molecule has 0 saturated carbocycles. The van der Waals surface area contributed by atoms with Gasteiger partial charge in [0.15, 0.2) is 0 Å². The Morgan fingerprint density at radius 3 is 1.42 bits per heavy atom. The summed E-state index contributed by atoms with van der Waals surface area (Å²) in [4.78, 5) is 0. The maximum atomic E-state index is 11.2. The monoisotopic (exact) mass is 206 g/mol. The topological polar surface area (TPSA) is 63.6 Å². The van der Waals surface area contributed by atoms with Crippen LogP contribution in [0.5, 0.6) is 0 Å². The standard InChI is InChI=1S/C4H4F2O.FHO3S/c1-3(5)7-4(2)6;1-5(2,3)4/h1-2H2;(H,2,3,4). The van der Waals surface area contributed by atoms with Gasteiger partial charge in [0.25, 0.3) is 12.0 Å². The second-order valence-corrected chi connectivity index (χ2v) is 2.05. The van der Waals surface area contributed by atoms with E-state index in [9.17, 15) is 12.7 Å². The van der Waals surface area contributed by atoms with Gasteiger partial charge in [0.1, 0.15) is 0 Å². The predicted molar refractivity (Wildman–Crippen MR) is 34.2 cm³/mol. The minimum Gasteiger partial charge on any atom is -0.405 e. The minimum absolute atomic E-state index is 1.19. The van der Waals surface area contributed by atoms with E-state index < -0.39 is 22.5 Å². The van der Waals surface area contributed by atoms with Crippen molar-refractivity contribution in [2.24, 2.45) is 0 Å². The van der Waals surface area contributed by atoms with Gasteiger partial charge in [-0.15, -0.1) is 0 Å². The van der Waals surface area contributed by atoms with E-state index in [0.717, 1.165) is 0 Å². The largest absolute Gasteiger partial charge is 0.435 e. The van der Waals surface area contributed by atoms with Crippen LogP contribution in [0.1, 0.15) is 0 Å². The molecular weight excluding hydrogens is 201 g/mol. The Balaban J connectivity index is 0. The van der Waals surface area contributed by atoms with E-state index in [2.05, 4.69) is 17.9 Å². The maximum Gasteiger partial charge on any atom is 0.435 e. The molecule has 0 aromatic rings. The second-order valence-electron chi connectivity index (χ2n) is 1.22. The van der Waals surface area contributed by atoms with Crippen molar-refractivity contribution in [3.63, 3.8) is 0 Å². The van der Waals surface area contributed by atoms with Crippen LogP contribution in [0, 0.1) is 0 Å². The molecule has 0 rings (SSSR count). The molecule has 0 aromatic heterocycles. The lowest BCUT2D eigenvalue weighted by Crippen LogP contribution is -1.80. The molecule has 0 heterocycles. The zero-order chi connectivity index (χ0) is 10.4. The molecule has 0 spiro atoms. The van der Waals surface area contributed by atoms with Gasteiger partial charge >= 0.3 is 10.5 Å². The smallest absolute Gasteiger partial charge is 0.405 e. The summed E-state index contributed by atoms with van der Waals surface area (Å²) in [5.41, 5.74) is 0. The molecule has 0 atom stereocenters. The van der Waals surface area contributed by atoms with Crippen LogP contribution in [0.25, 0.3) is 0 Å². The molecule has 12 heavy (non-hydrogen) atoms. The molecule has 72 valence electrons. The highest BCUT2D eigenvalue weighted by atomic mass is 32.3. The van der Waals surface area contributed by atoms with Gasteiger partial charge in [-0.2, -0.15) is 17.2 Å². The Morgan fingerprint density at radius 2 is 1.42 bits per heavy atom. The maximum absolute atomic E-state index is 11.2. The first-order valence-electron chi connectivity index (χ1n) is 2.16. The first-order valence-corrected chi connectivity index (χ1v) is 3.50. The summed E-state index contributed by atoms with van der Waals surface area (Å²) >= 11 is 0. The van der Waals surface area contributed by atoms with Crippen LogP contribution in [0.3, 0.4) is 0 Å². The molecule has 0 amide bonds. The summed E-state index contributed by atoms with van der Waals surface area (Å²) in [7, 11) is -5.17. The van der Waals surface area contributed by atoms with E-state index in [4.69, 9.17) is 13.0 Å². The van der Waals surface area contributed by atoms with Crippen LogP contribution in [0.15, 0.2) is 25.2 Å². The molecule has 0 fully saturated rings. The first-order chi connectivity index (χ1) is 5.13. The van der Waals surface area contributed by atoms with Crippen LogP contribution in [-0.2, 0) is 15.2 Å². The Hall–Kier alpha value is -1.02. The minimum atomic E-state index is -5.17. The van der Waals surface area contributed by atoms with Crippen LogP contribution in [-0.4, -0.2) is 13.0 Å². The normalized spacial score (nSPS) is 9.33. The summed E-state index contributed by atoms with van der Waals surface area (Å²) in [5, 5.41) is 0. The predicted octanol–water partition coefficient (Wildman–Crippen LogP) is 1.64. The van der Waals surface area contributed by atoms with Gasteiger partial charge in [-0.25, -0.2) is 0 Å². The fourth-order valence-electron chi connectivity index (χ4n) is 0.120. The summed E-state index contributed by atoms with van der Waals surface area (Å²) in [6.07, 6.45) is 0. The van der Waals surface area contributed by atoms with E-state index in [0.29, 0.717) is 0 Å². The van der Waals surface area contributed by atoms with Gasteiger partial charge in [0.05, 0.1) is 0 Å². The number of hydrogen-bond donors (Lipinski definition) is 1. The van der Waals surface area contributed by atoms with Crippen LogP contribution in [0.2, 0.25) is 0 Å². The number of rotatable bonds is 2. The Labute approximate surface area is 67.0 Å². The highest BCUT2D eigenvalue weighted by Gasteiger charge is 1.90. The van der Waals surface area contributed by atoms with E-state index in [-0.39, 0.29) is 0 Å². The third kappa shape index (κ3) is 64.4. The van der Waals surface area contributed by atoms with Crippen molar-refractivity contribution >= 4 is 10.5 Å². The van der Waals surface area contributed by atoms with Crippen molar-refractivity contribution in [1.29, 1.82) is 0 Å². The molecule has 0 aliphatic heterocycles. The lowest BCUT2D eigenvalue weighted by atomic mass is 11.0. The summed E-state index contributed by atoms with van der Waals surface area (Å²) in [6, 6.07) is -2.38. The van der Waals surface area contributed by atoms with Gasteiger partial charge in [-0.3, -0.25) is 4.55 Å². The zero-order valence-electron chi connectivity index (χ0n) is 5.63. The number of halogens is 3. The molecule has 0 aliphatic rings. The van der Waals surface area contributed by atoms with Crippen molar-refractivity contribution in [3.8, 4) is 0 Å². The Morgan fingerprint density at radius 1 is 1.25 bits per heavy atom. The Bertz CT molecular complexity index is 237. The lowest BCUT2D eigenvalue weighted by molar-refractivity contribution is 0.158. The SMILES string of the molecule is C=C(F)OC(=C)F.O=S(=O)(O)F. The van der Waals surface area contributed by atoms with Gasteiger partial charge in [-0.05, 0) is 13.2 Å². The number of ether oxygens (including phenoxy) is 1. The van der Waals surface area contributed by atoms with Crippen molar-refractivity contribution in [2.75, 3.05) is 0 Å². The molecule has 1 N–H and O–H groups in total. The molecular formula is C4H5F3O4S. The van der Waals surface area contributed by atoms with Crippen LogP contribution in [0.4, 0.5) is 12.7 Å². The van der Waals surface area contributed by atoms with Crippen LogP contribution < -0.4 is 0 Å². The fourth-order valence-corrected chi connectivity index (χ4v) is 0.120. The van der Waals surface area contributed by atoms with Crippen molar-refractivity contribution < 1.29 is 30.4 Å². The summed E-state index contributed by atoms with van der Waals surface area (Å²) < 4.78 is 60.1. The quantitative estimate of drug-likeness (QED) is 0.423. The molecule has 4 nitrogen and oxygen atoms in total. The van der Waals surface area contributed by atoms with Gasteiger partial charge < -0.3 is 4.74 Å².